The molecule has 1 aromatic carbocycles. The van der Waals surface area contributed by atoms with E-state index in [2.05, 4.69) is 5.32 Å². The molecule has 0 spiro atoms. The molecule has 0 aliphatic carbocycles. The number of methoxy groups -OCH3 is 1. The van der Waals surface area contributed by atoms with Gasteiger partial charge in [-0.15, -0.1) is 0 Å². The van der Waals surface area contributed by atoms with Crippen LogP contribution in [0.2, 0.25) is 5.02 Å². The Morgan fingerprint density at radius 3 is 2.41 bits per heavy atom. The van der Waals surface area contributed by atoms with Gasteiger partial charge in [0.25, 0.3) is 0 Å². The highest BCUT2D eigenvalue weighted by molar-refractivity contribution is 6.30. The molecular weight excluding hydrogens is 304 g/mol. The number of nitrogens with one attached hydrogen (secondary N) is 1. The van der Waals surface area contributed by atoms with Crippen LogP contribution in [0.5, 0.6) is 0 Å². The van der Waals surface area contributed by atoms with Crippen molar-refractivity contribution in [3.63, 3.8) is 0 Å². The fourth-order valence-electron chi connectivity index (χ4n) is 2.66. The third-order valence-corrected chi connectivity index (χ3v) is 3.90. The van der Waals surface area contributed by atoms with Gasteiger partial charge in [0.2, 0.25) is 0 Å². The molecule has 118 valence electrons. The van der Waals surface area contributed by atoms with Gasteiger partial charge >= 0.3 is 12.0 Å². The van der Waals surface area contributed by atoms with Crippen LogP contribution in [0.25, 0.3) is 0 Å². The number of allylic oxidation sites excluding steroid dienone is 1. The second-order valence-corrected chi connectivity index (χ2v) is 5.82. The summed E-state index contributed by atoms with van der Waals surface area (Å²) in [6, 6.07) is 6.17. The number of carbonyl (C=O) groups is 2. The highest BCUT2D eigenvalue weighted by atomic mass is 35.5. The van der Waals surface area contributed by atoms with Gasteiger partial charge in [0.15, 0.2) is 0 Å². The van der Waals surface area contributed by atoms with Gasteiger partial charge in [-0.05, 0) is 38.5 Å². The minimum absolute atomic E-state index is 0.0641. The van der Waals surface area contributed by atoms with Gasteiger partial charge in [0, 0.05) is 16.8 Å². The first-order valence-electron chi connectivity index (χ1n) is 7.01. The van der Waals surface area contributed by atoms with E-state index in [1.165, 1.54) is 7.11 Å². The van der Waals surface area contributed by atoms with Crippen molar-refractivity contribution in [3.05, 3.63) is 46.1 Å². The number of amides is 2. The predicted octanol–water partition coefficient (Wildman–Crippen LogP) is 3.26. The lowest BCUT2D eigenvalue weighted by Gasteiger charge is -2.37. The molecule has 2 rings (SSSR count). The molecule has 1 atom stereocenters. The van der Waals surface area contributed by atoms with Crippen molar-refractivity contribution in [3.8, 4) is 0 Å². The van der Waals surface area contributed by atoms with E-state index in [9.17, 15) is 9.59 Å². The van der Waals surface area contributed by atoms with E-state index in [4.69, 9.17) is 16.3 Å². The Hall–Kier alpha value is -2.01. The number of nitrogens with zero attached hydrogens (tertiary/aromatic N) is 1. The monoisotopic (exact) mass is 322 g/mol. The molecule has 1 aliphatic heterocycles. The van der Waals surface area contributed by atoms with Gasteiger partial charge in [0.1, 0.15) is 0 Å². The zero-order valence-electron chi connectivity index (χ0n) is 13.0. The molecule has 0 saturated carbocycles. The van der Waals surface area contributed by atoms with Crippen molar-refractivity contribution in [2.45, 2.75) is 32.9 Å². The average molecular weight is 323 g/mol. The first-order chi connectivity index (χ1) is 10.4. The Kier molecular flexibility index (Phi) is 4.76. The summed E-state index contributed by atoms with van der Waals surface area (Å²) in [7, 11) is 1.33. The highest BCUT2D eigenvalue weighted by Crippen LogP contribution is 2.32. The molecule has 1 aliphatic rings. The van der Waals surface area contributed by atoms with Crippen LogP contribution in [0, 0.1) is 0 Å². The standard InChI is InChI=1S/C16H19ClN2O3/c1-9(2)19-10(3)13(15(20)22-4)14(18-16(19)21)11-5-7-12(17)8-6-11/h5-9,14H,1-4H3,(H,18,21)/t14-/m0/s1. The molecule has 0 fully saturated rings. The van der Waals surface area contributed by atoms with Crippen molar-refractivity contribution in [2.24, 2.45) is 0 Å². The second kappa shape index (κ2) is 6.40. The number of benzene rings is 1. The number of ether oxygens (including phenoxy) is 1. The smallest absolute Gasteiger partial charge is 0.337 e. The lowest BCUT2D eigenvalue weighted by Crippen LogP contribution is -2.50. The number of urea groups is 1. The van der Waals surface area contributed by atoms with Gasteiger partial charge in [-0.3, -0.25) is 4.90 Å². The van der Waals surface area contributed by atoms with Crippen LogP contribution in [-0.4, -0.2) is 30.1 Å². The van der Waals surface area contributed by atoms with Crippen LogP contribution >= 0.6 is 11.6 Å². The number of halogens is 1. The molecule has 5 nitrogen and oxygen atoms in total. The maximum absolute atomic E-state index is 12.4. The van der Waals surface area contributed by atoms with Crippen molar-refractivity contribution in [2.75, 3.05) is 7.11 Å². The number of hydrogen-bond donors (Lipinski definition) is 1. The van der Waals surface area contributed by atoms with Crippen LogP contribution in [0.4, 0.5) is 4.79 Å². The van der Waals surface area contributed by atoms with E-state index in [0.717, 1.165) is 5.56 Å². The number of carbonyl (C=O) groups excluding carboxylic acids is 2. The largest absolute Gasteiger partial charge is 0.466 e. The second-order valence-electron chi connectivity index (χ2n) is 5.39. The fraction of sp³-hybridized carbons (Fsp3) is 0.375. The Bertz CT molecular complexity index is 623. The molecule has 1 N–H and O–H groups in total. The average Bonchev–Trinajstić information content (AvgIpc) is 2.46. The summed E-state index contributed by atoms with van der Waals surface area (Å²) < 4.78 is 4.90. The lowest BCUT2D eigenvalue weighted by molar-refractivity contribution is -0.136. The summed E-state index contributed by atoms with van der Waals surface area (Å²) in [6.07, 6.45) is 0. The van der Waals surface area contributed by atoms with Crippen LogP contribution in [0.15, 0.2) is 35.5 Å². The van der Waals surface area contributed by atoms with Crippen molar-refractivity contribution < 1.29 is 14.3 Å². The van der Waals surface area contributed by atoms with E-state index in [0.29, 0.717) is 16.3 Å². The molecule has 0 aromatic heterocycles. The van der Waals surface area contributed by atoms with E-state index in [1.807, 2.05) is 13.8 Å². The lowest BCUT2D eigenvalue weighted by atomic mass is 9.94. The number of esters is 1. The summed E-state index contributed by atoms with van der Waals surface area (Å²) in [5.74, 6) is -0.455. The van der Waals surface area contributed by atoms with Gasteiger partial charge in [-0.2, -0.15) is 0 Å². The molecule has 0 saturated heterocycles. The molecule has 6 heteroatoms. The van der Waals surface area contributed by atoms with Gasteiger partial charge in [0.05, 0.1) is 18.7 Å². The van der Waals surface area contributed by atoms with Crippen molar-refractivity contribution >= 4 is 23.6 Å². The number of hydrogen-bond acceptors (Lipinski definition) is 3. The first-order valence-corrected chi connectivity index (χ1v) is 7.39. The molecule has 2 amide bonds. The predicted molar refractivity (Wildman–Crippen MR) is 84.4 cm³/mol. The molecule has 1 aromatic rings. The molecule has 0 radical (unpaired) electrons. The number of rotatable bonds is 3. The normalized spacial score (nSPS) is 18.5. The van der Waals surface area contributed by atoms with E-state index < -0.39 is 12.0 Å². The van der Waals surface area contributed by atoms with Gasteiger partial charge in [-0.1, -0.05) is 23.7 Å². The first kappa shape index (κ1) is 16.4. The summed E-state index contributed by atoms with van der Waals surface area (Å²) in [5, 5.41) is 3.46. The topological polar surface area (TPSA) is 58.6 Å². The Morgan fingerprint density at radius 1 is 1.32 bits per heavy atom. The summed E-state index contributed by atoms with van der Waals surface area (Å²) >= 11 is 5.90. The zero-order chi connectivity index (χ0) is 16.4. The van der Waals surface area contributed by atoms with Crippen molar-refractivity contribution in [1.82, 2.24) is 10.2 Å². The third-order valence-electron chi connectivity index (χ3n) is 3.65. The van der Waals surface area contributed by atoms with E-state index >= 15 is 0 Å². The molecule has 22 heavy (non-hydrogen) atoms. The van der Waals surface area contributed by atoms with E-state index in [-0.39, 0.29) is 12.1 Å². The quantitative estimate of drug-likeness (QED) is 0.869. The minimum atomic E-state index is -0.549. The maximum Gasteiger partial charge on any atom is 0.337 e. The SMILES string of the molecule is COC(=O)C1=C(C)N(C(C)C)C(=O)N[C@H]1c1ccc(Cl)cc1. The summed E-state index contributed by atoms with van der Waals surface area (Å²) in [4.78, 5) is 26.1. The third kappa shape index (κ3) is 2.95. The summed E-state index contributed by atoms with van der Waals surface area (Å²) in [5.41, 5.74) is 1.81. The van der Waals surface area contributed by atoms with E-state index in [1.54, 1.807) is 36.1 Å². The Balaban J connectivity index is 2.55. The molecular formula is C16H19ClN2O3. The fourth-order valence-corrected chi connectivity index (χ4v) is 2.78. The van der Waals surface area contributed by atoms with Crippen molar-refractivity contribution in [1.29, 1.82) is 0 Å². The highest BCUT2D eigenvalue weighted by Gasteiger charge is 2.37. The van der Waals surface area contributed by atoms with Crippen LogP contribution in [0.3, 0.4) is 0 Å². The Morgan fingerprint density at radius 2 is 1.91 bits per heavy atom. The van der Waals surface area contributed by atoms with Crippen LogP contribution in [0.1, 0.15) is 32.4 Å². The molecule has 1 heterocycles. The van der Waals surface area contributed by atoms with Gasteiger partial charge < -0.3 is 10.1 Å². The molecule has 0 bridgehead atoms. The Labute approximate surface area is 134 Å². The van der Waals surface area contributed by atoms with Crippen LogP contribution in [-0.2, 0) is 9.53 Å². The van der Waals surface area contributed by atoms with Crippen LogP contribution < -0.4 is 5.32 Å². The zero-order valence-corrected chi connectivity index (χ0v) is 13.8. The minimum Gasteiger partial charge on any atom is -0.466 e. The molecule has 0 unspecified atom stereocenters. The summed E-state index contributed by atoms with van der Waals surface area (Å²) in [6.45, 7) is 5.54. The van der Waals surface area contributed by atoms with Gasteiger partial charge in [-0.25, -0.2) is 9.59 Å². The maximum atomic E-state index is 12.4.